The van der Waals surface area contributed by atoms with Crippen molar-refractivity contribution in [3.63, 3.8) is 0 Å². The Bertz CT molecular complexity index is 851. The average molecular weight is 350 g/mol. The molecule has 2 aromatic rings. The van der Waals surface area contributed by atoms with Crippen molar-refractivity contribution >= 4 is 23.6 Å². The molecule has 132 valence electrons. The van der Waals surface area contributed by atoms with Crippen molar-refractivity contribution in [2.75, 3.05) is 12.4 Å². The summed E-state index contributed by atoms with van der Waals surface area (Å²) in [5.41, 5.74) is 1.69. The third kappa shape index (κ3) is 5.49. The van der Waals surface area contributed by atoms with E-state index >= 15 is 0 Å². The molecule has 0 bridgehead atoms. The summed E-state index contributed by atoms with van der Waals surface area (Å²) >= 11 is 0. The van der Waals surface area contributed by atoms with Crippen LogP contribution in [0, 0.1) is 11.3 Å². The third-order valence-corrected chi connectivity index (χ3v) is 3.45. The van der Waals surface area contributed by atoms with Gasteiger partial charge in [-0.2, -0.15) is 5.26 Å². The summed E-state index contributed by atoms with van der Waals surface area (Å²) < 4.78 is 10.1. The number of anilines is 1. The van der Waals surface area contributed by atoms with Gasteiger partial charge < -0.3 is 14.8 Å². The molecule has 1 unspecified atom stereocenters. The van der Waals surface area contributed by atoms with Gasteiger partial charge in [-0.15, -0.1) is 0 Å². The van der Waals surface area contributed by atoms with Gasteiger partial charge in [0.1, 0.15) is 5.75 Å². The lowest BCUT2D eigenvalue weighted by atomic mass is 10.2. The van der Waals surface area contributed by atoms with Crippen LogP contribution >= 0.6 is 0 Å². The van der Waals surface area contributed by atoms with Crippen LogP contribution in [-0.4, -0.2) is 25.1 Å². The molecular formula is C20H18N2O4. The maximum absolute atomic E-state index is 12.1. The minimum absolute atomic E-state index is 0.426. The molecule has 26 heavy (non-hydrogen) atoms. The van der Waals surface area contributed by atoms with Crippen molar-refractivity contribution < 1.29 is 19.1 Å². The Balaban J connectivity index is 1.89. The molecule has 0 spiro atoms. The van der Waals surface area contributed by atoms with Gasteiger partial charge in [-0.3, -0.25) is 4.79 Å². The number of hydrogen-bond donors (Lipinski definition) is 1. The molecule has 0 heterocycles. The maximum Gasteiger partial charge on any atom is 0.331 e. The van der Waals surface area contributed by atoms with Gasteiger partial charge in [-0.05, 0) is 48.9 Å². The molecule has 0 aliphatic carbocycles. The summed E-state index contributed by atoms with van der Waals surface area (Å²) in [4.78, 5) is 23.9. The number of amides is 1. The molecule has 0 aliphatic rings. The molecular weight excluding hydrogens is 332 g/mol. The lowest BCUT2D eigenvalue weighted by Crippen LogP contribution is -2.29. The molecule has 0 aliphatic heterocycles. The minimum Gasteiger partial charge on any atom is -0.497 e. The summed E-state index contributed by atoms with van der Waals surface area (Å²) in [5.74, 6) is -0.393. The van der Waals surface area contributed by atoms with E-state index in [9.17, 15) is 9.59 Å². The zero-order valence-electron chi connectivity index (χ0n) is 14.4. The van der Waals surface area contributed by atoms with E-state index in [4.69, 9.17) is 14.7 Å². The molecule has 6 heteroatoms. The van der Waals surface area contributed by atoms with Gasteiger partial charge in [0.05, 0.1) is 18.7 Å². The number of hydrogen-bond acceptors (Lipinski definition) is 5. The number of nitriles is 1. The van der Waals surface area contributed by atoms with Crippen LogP contribution in [-0.2, 0) is 14.3 Å². The summed E-state index contributed by atoms with van der Waals surface area (Å²) in [6.07, 6.45) is 1.86. The van der Waals surface area contributed by atoms with Crippen LogP contribution in [0.1, 0.15) is 18.1 Å². The number of nitrogens with zero attached hydrogens (tertiary/aromatic N) is 1. The smallest absolute Gasteiger partial charge is 0.331 e. The number of esters is 1. The topological polar surface area (TPSA) is 88.4 Å². The fourth-order valence-electron chi connectivity index (χ4n) is 2.06. The van der Waals surface area contributed by atoms with Crippen molar-refractivity contribution in [1.82, 2.24) is 0 Å². The number of rotatable bonds is 6. The molecule has 1 N–H and O–H groups in total. The first-order valence-electron chi connectivity index (χ1n) is 7.85. The third-order valence-electron chi connectivity index (χ3n) is 3.45. The lowest BCUT2D eigenvalue weighted by molar-refractivity contribution is -0.148. The predicted octanol–water partition coefficient (Wildman–Crippen LogP) is 3.15. The molecule has 6 nitrogen and oxygen atoms in total. The van der Waals surface area contributed by atoms with E-state index in [1.165, 1.54) is 19.1 Å². The highest BCUT2D eigenvalue weighted by Gasteiger charge is 2.16. The van der Waals surface area contributed by atoms with E-state index < -0.39 is 18.0 Å². The van der Waals surface area contributed by atoms with Crippen LogP contribution in [0.2, 0.25) is 0 Å². The second-order valence-corrected chi connectivity index (χ2v) is 5.37. The average Bonchev–Trinajstić information content (AvgIpc) is 2.66. The van der Waals surface area contributed by atoms with Crippen LogP contribution in [0.25, 0.3) is 6.08 Å². The van der Waals surface area contributed by atoms with Crippen molar-refractivity contribution in [1.29, 1.82) is 5.26 Å². The van der Waals surface area contributed by atoms with Crippen LogP contribution in [0.4, 0.5) is 5.69 Å². The minimum atomic E-state index is -0.978. The second kappa shape index (κ2) is 9.04. The highest BCUT2D eigenvalue weighted by atomic mass is 16.5. The van der Waals surface area contributed by atoms with Gasteiger partial charge in [0.2, 0.25) is 0 Å². The van der Waals surface area contributed by atoms with Crippen LogP contribution in [0.3, 0.4) is 0 Å². The Hall–Kier alpha value is -3.59. The van der Waals surface area contributed by atoms with Crippen LogP contribution in [0.15, 0.2) is 54.6 Å². The van der Waals surface area contributed by atoms with E-state index in [1.807, 2.05) is 6.07 Å². The van der Waals surface area contributed by atoms with Crippen molar-refractivity contribution in [2.24, 2.45) is 0 Å². The fourth-order valence-corrected chi connectivity index (χ4v) is 2.06. The maximum atomic E-state index is 12.1. The Labute approximate surface area is 151 Å². The Morgan fingerprint density at radius 1 is 1.19 bits per heavy atom. The Morgan fingerprint density at radius 2 is 1.92 bits per heavy atom. The van der Waals surface area contributed by atoms with Crippen LogP contribution < -0.4 is 10.1 Å². The first-order valence-corrected chi connectivity index (χ1v) is 7.85. The summed E-state index contributed by atoms with van der Waals surface area (Å²) in [5, 5.41) is 11.5. The SMILES string of the molecule is COc1ccc(/C=C/C(=O)OC(C)C(=O)Nc2cccc(C#N)c2)cc1. The molecule has 2 rings (SSSR count). The van der Waals surface area contributed by atoms with Gasteiger partial charge in [0.25, 0.3) is 5.91 Å². The van der Waals surface area contributed by atoms with Crippen molar-refractivity contribution in [3.8, 4) is 11.8 Å². The van der Waals surface area contributed by atoms with Gasteiger partial charge in [0, 0.05) is 11.8 Å². The second-order valence-electron chi connectivity index (χ2n) is 5.37. The molecule has 0 radical (unpaired) electrons. The molecule has 1 amide bonds. The van der Waals surface area contributed by atoms with Gasteiger partial charge >= 0.3 is 5.97 Å². The summed E-state index contributed by atoms with van der Waals surface area (Å²) in [6.45, 7) is 1.47. The van der Waals surface area contributed by atoms with Crippen molar-refractivity contribution in [3.05, 3.63) is 65.7 Å². The highest BCUT2D eigenvalue weighted by Crippen LogP contribution is 2.13. The largest absolute Gasteiger partial charge is 0.497 e. The fraction of sp³-hybridized carbons (Fsp3) is 0.150. The number of methoxy groups -OCH3 is 1. The number of benzene rings is 2. The van der Waals surface area contributed by atoms with Gasteiger partial charge in [0.15, 0.2) is 6.10 Å². The van der Waals surface area contributed by atoms with E-state index in [-0.39, 0.29) is 0 Å². The van der Waals surface area contributed by atoms with Gasteiger partial charge in [-0.1, -0.05) is 18.2 Å². The predicted molar refractivity (Wildman–Crippen MR) is 97.4 cm³/mol. The summed E-state index contributed by atoms with van der Waals surface area (Å²) in [7, 11) is 1.57. The number of nitrogens with one attached hydrogen (secondary N) is 1. The lowest BCUT2D eigenvalue weighted by Gasteiger charge is -2.12. The Kier molecular flexibility index (Phi) is 6.52. The monoisotopic (exact) mass is 350 g/mol. The number of carbonyl (C=O) groups excluding carboxylic acids is 2. The van der Waals surface area contributed by atoms with Gasteiger partial charge in [-0.25, -0.2) is 4.79 Å². The van der Waals surface area contributed by atoms with Crippen molar-refractivity contribution in [2.45, 2.75) is 13.0 Å². The van der Waals surface area contributed by atoms with E-state index in [2.05, 4.69) is 5.32 Å². The summed E-state index contributed by atoms with van der Waals surface area (Å²) in [6, 6.07) is 15.6. The molecule has 0 fully saturated rings. The molecule has 0 saturated carbocycles. The zero-order valence-corrected chi connectivity index (χ0v) is 14.4. The molecule has 0 aromatic heterocycles. The first-order chi connectivity index (χ1) is 12.5. The number of ether oxygens (including phenoxy) is 2. The number of carbonyl (C=O) groups is 2. The van der Waals surface area contributed by atoms with E-state index in [0.717, 1.165) is 11.3 Å². The van der Waals surface area contributed by atoms with Crippen LogP contribution in [0.5, 0.6) is 5.75 Å². The normalized spacial score (nSPS) is 11.4. The van der Waals surface area contributed by atoms with E-state index in [1.54, 1.807) is 55.7 Å². The first kappa shape index (κ1) is 18.7. The van der Waals surface area contributed by atoms with E-state index in [0.29, 0.717) is 11.3 Å². The Morgan fingerprint density at radius 3 is 2.58 bits per heavy atom. The standard InChI is InChI=1S/C20H18N2O4/c1-14(20(24)22-17-5-3-4-16(12-17)13-21)26-19(23)11-8-15-6-9-18(25-2)10-7-15/h3-12,14H,1-2H3,(H,22,24)/b11-8+. The zero-order chi connectivity index (χ0) is 18.9. The molecule has 2 aromatic carbocycles. The quantitative estimate of drug-likeness (QED) is 0.639. The molecule has 0 saturated heterocycles. The molecule has 1 atom stereocenters. The highest BCUT2D eigenvalue weighted by molar-refractivity contribution is 5.96.